The molecule has 0 bridgehead atoms. The van der Waals surface area contributed by atoms with Gasteiger partial charge in [0.05, 0.1) is 7.11 Å². The summed E-state index contributed by atoms with van der Waals surface area (Å²) in [5.41, 5.74) is 2.89. The van der Waals surface area contributed by atoms with E-state index in [1.807, 2.05) is 55.5 Å². The van der Waals surface area contributed by atoms with Crippen LogP contribution in [0.1, 0.15) is 41.8 Å². The zero-order chi connectivity index (χ0) is 20.4. The van der Waals surface area contributed by atoms with E-state index in [9.17, 15) is 4.79 Å². The normalized spacial score (nSPS) is 11.8. The summed E-state index contributed by atoms with van der Waals surface area (Å²) >= 11 is 0. The van der Waals surface area contributed by atoms with Gasteiger partial charge in [0.15, 0.2) is 5.96 Å². The quantitative estimate of drug-likeness (QED) is 0.288. The van der Waals surface area contributed by atoms with Gasteiger partial charge >= 0.3 is 0 Å². The number of aliphatic imine (C=N–C) groups is 1. The van der Waals surface area contributed by atoms with Crippen molar-refractivity contribution in [2.75, 3.05) is 14.2 Å². The van der Waals surface area contributed by atoms with E-state index in [1.165, 1.54) is 0 Å². The Bertz CT molecular complexity index is 776. The third kappa shape index (κ3) is 8.31. The van der Waals surface area contributed by atoms with Crippen molar-refractivity contribution in [2.45, 2.75) is 39.4 Å². The summed E-state index contributed by atoms with van der Waals surface area (Å²) in [6.07, 6.45) is 0.913. The van der Waals surface area contributed by atoms with Crippen LogP contribution in [-0.2, 0) is 13.1 Å². The van der Waals surface area contributed by atoms with Crippen LogP contribution in [0.5, 0.6) is 5.75 Å². The minimum Gasteiger partial charge on any atom is -0.497 e. The second-order valence-electron chi connectivity index (χ2n) is 6.61. The standard InChI is InChI=1S/C22H30N4O2.HI/c1-5-16(2)26-21(27)19-10-6-17(7-11-19)14-24-22(23-3)25-15-18-8-12-20(28-4)13-9-18;/h6-13,16H,5,14-15H2,1-4H3,(H,26,27)(H2,23,24,25);1H. The molecule has 0 aromatic heterocycles. The number of amides is 1. The lowest BCUT2D eigenvalue weighted by molar-refractivity contribution is 0.0939. The van der Waals surface area contributed by atoms with Gasteiger partial charge in [-0.1, -0.05) is 31.2 Å². The molecule has 2 aromatic rings. The molecule has 1 atom stereocenters. The largest absolute Gasteiger partial charge is 0.497 e. The van der Waals surface area contributed by atoms with E-state index in [1.54, 1.807) is 14.2 Å². The van der Waals surface area contributed by atoms with E-state index < -0.39 is 0 Å². The number of carbonyl (C=O) groups is 1. The van der Waals surface area contributed by atoms with Crippen LogP contribution in [0.25, 0.3) is 0 Å². The number of rotatable bonds is 8. The molecule has 7 heteroatoms. The molecular formula is C22H31IN4O2. The van der Waals surface area contributed by atoms with Crippen molar-refractivity contribution in [3.63, 3.8) is 0 Å². The van der Waals surface area contributed by atoms with E-state index in [-0.39, 0.29) is 35.9 Å². The highest BCUT2D eigenvalue weighted by molar-refractivity contribution is 14.0. The minimum absolute atomic E-state index is 0. The molecule has 1 amide bonds. The number of nitrogens with zero attached hydrogens (tertiary/aromatic N) is 1. The highest BCUT2D eigenvalue weighted by Gasteiger charge is 2.08. The fourth-order valence-corrected chi connectivity index (χ4v) is 2.52. The first kappa shape index (κ1) is 24.7. The van der Waals surface area contributed by atoms with Gasteiger partial charge in [-0.2, -0.15) is 0 Å². The average molecular weight is 510 g/mol. The van der Waals surface area contributed by atoms with Crippen molar-refractivity contribution < 1.29 is 9.53 Å². The third-order valence-electron chi connectivity index (χ3n) is 4.51. The Kier molecular flexibility index (Phi) is 11.1. The summed E-state index contributed by atoms with van der Waals surface area (Å²) in [5, 5.41) is 9.54. The molecule has 0 saturated carbocycles. The van der Waals surface area contributed by atoms with Crippen LogP contribution < -0.4 is 20.7 Å². The smallest absolute Gasteiger partial charge is 0.251 e. The van der Waals surface area contributed by atoms with Crippen LogP contribution in [0.2, 0.25) is 0 Å². The average Bonchev–Trinajstić information content (AvgIpc) is 2.74. The molecule has 1 unspecified atom stereocenters. The van der Waals surface area contributed by atoms with Crippen LogP contribution in [0.3, 0.4) is 0 Å². The van der Waals surface area contributed by atoms with Crippen molar-refractivity contribution in [3.8, 4) is 5.75 Å². The molecule has 2 aromatic carbocycles. The van der Waals surface area contributed by atoms with Gasteiger partial charge in [0.2, 0.25) is 0 Å². The second kappa shape index (κ2) is 13.0. The third-order valence-corrected chi connectivity index (χ3v) is 4.51. The van der Waals surface area contributed by atoms with E-state index in [0.717, 1.165) is 29.3 Å². The number of ether oxygens (including phenoxy) is 1. The molecule has 0 saturated heterocycles. The molecule has 2 rings (SSSR count). The number of carbonyl (C=O) groups excluding carboxylic acids is 1. The van der Waals surface area contributed by atoms with Gasteiger partial charge in [-0.25, -0.2) is 0 Å². The minimum atomic E-state index is -0.0363. The zero-order valence-electron chi connectivity index (χ0n) is 17.5. The maximum atomic E-state index is 12.1. The monoisotopic (exact) mass is 510 g/mol. The van der Waals surface area contributed by atoms with Gasteiger partial charge < -0.3 is 20.7 Å². The van der Waals surface area contributed by atoms with Gasteiger partial charge in [-0.05, 0) is 48.7 Å². The van der Waals surface area contributed by atoms with Gasteiger partial charge in [-0.15, -0.1) is 24.0 Å². The highest BCUT2D eigenvalue weighted by Crippen LogP contribution is 2.11. The molecule has 29 heavy (non-hydrogen) atoms. The van der Waals surface area contributed by atoms with Crippen molar-refractivity contribution in [3.05, 3.63) is 65.2 Å². The van der Waals surface area contributed by atoms with E-state index in [0.29, 0.717) is 18.7 Å². The molecule has 0 heterocycles. The fourth-order valence-electron chi connectivity index (χ4n) is 2.52. The maximum Gasteiger partial charge on any atom is 0.251 e. The number of methoxy groups -OCH3 is 1. The molecular weight excluding hydrogens is 479 g/mol. The predicted molar refractivity (Wildman–Crippen MR) is 129 cm³/mol. The van der Waals surface area contributed by atoms with Crippen molar-refractivity contribution in [1.29, 1.82) is 0 Å². The molecule has 0 aliphatic heterocycles. The van der Waals surface area contributed by atoms with Crippen molar-refractivity contribution >= 4 is 35.8 Å². The summed E-state index contributed by atoms with van der Waals surface area (Å²) in [4.78, 5) is 16.4. The highest BCUT2D eigenvalue weighted by atomic mass is 127. The molecule has 0 aliphatic carbocycles. The number of nitrogens with one attached hydrogen (secondary N) is 3. The molecule has 0 radical (unpaired) electrons. The Morgan fingerprint density at radius 3 is 1.97 bits per heavy atom. The van der Waals surface area contributed by atoms with Crippen LogP contribution in [-0.4, -0.2) is 32.1 Å². The zero-order valence-corrected chi connectivity index (χ0v) is 19.8. The lowest BCUT2D eigenvalue weighted by Gasteiger charge is -2.13. The molecule has 6 nitrogen and oxygen atoms in total. The van der Waals surface area contributed by atoms with Crippen LogP contribution in [0.15, 0.2) is 53.5 Å². The van der Waals surface area contributed by atoms with Crippen molar-refractivity contribution in [1.82, 2.24) is 16.0 Å². The Morgan fingerprint density at radius 1 is 1.00 bits per heavy atom. The first-order valence-corrected chi connectivity index (χ1v) is 9.53. The molecule has 158 valence electrons. The van der Waals surface area contributed by atoms with Gasteiger partial charge in [0.1, 0.15) is 5.75 Å². The number of benzene rings is 2. The Labute approximate surface area is 190 Å². The second-order valence-corrected chi connectivity index (χ2v) is 6.61. The first-order valence-electron chi connectivity index (χ1n) is 9.53. The SMILES string of the molecule is CCC(C)NC(=O)c1ccc(CNC(=NC)NCc2ccc(OC)cc2)cc1.I. The number of hydrogen-bond acceptors (Lipinski definition) is 3. The Hall–Kier alpha value is -2.29. The lowest BCUT2D eigenvalue weighted by Crippen LogP contribution is -2.36. The van der Waals surface area contributed by atoms with E-state index in [2.05, 4.69) is 27.9 Å². The van der Waals surface area contributed by atoms with Gasteiger partial charge in [0, 0.05) is 31.7 Å². The summed E-state index contributed by atoms with van der Waals surface area (Å²) in [5.74, 6) is 1.52. The van der Waals surface area contributed by atoms with Crippen LogP contribution in [0, 0.1) is 0 Å². The summed E-state index contributed by atoms with van der Waals surface area (Å²) < 4.78 is 5.17. The summed E-state index contributed by atoms with van der Waals surface area (Å²) in [6, 6.07) is 15.7. The number of guanidine groups is 1. The summed E-state index contributed by atoms with van der Waals surface area (Å²) in [7, 11) is 3.40. The Balaban J connectivity index is 0.00000420. The number of hydrogen-bond donors (Lipinski definition) is 3. The summed E-state index contributed by atoms with van der Waals surface area (Å²) in [6.45, 7) is 5.34. The topological polar surface area (TPSA) is 74.8 Å². The van der Waals surface area contributed by atoms with Gasteiger partial charge in [0.25, 0.3) is 5.91 Å². The Morgan fingerprint density at radius 2 is 1.52 bits per heavy atom. The fraction of sp³-hybridized carbons (Fsp3) is 0.364. The van der Waals surface area contributed by atoms with E-state index in [4.69, 9.17) is 4.74 Å². The van der Waals surface area contributed by atoms with Crippen LogP contribution >= 0.6 is 24.0 Å². The van der Waals surface area contributed by atoms with Crippen LogP contribution in [0.4, 0.5) is 0 Å². The van der Waals surface area contributed by atoms with Crippen molar-refractivity contribution in [2.24, 2.45) is 4.99 Å². The molecule has 0 spiro atoms. The van der Waals surface area contributed by atoms with E-state index >= 15 is 0 Å². The first-order chi connectivity index (χ1) is 13.5. The molecule has 0 fully saturated rings. The maximum absolute atomic E-state index is 12.1. The lowest BCUT2D eigenvalue weighted by atomic mass is 10.1. The molecule has 0 aliphatic rings. The predicted octanol–water partition coefficient (Wildman–Crippen LogP) is 3.71. The number of halogens is 1. The van der Waals surface area contributed by atoms with Gasteiger partial charge in [-0.3, -0.25) is 9.79 Å². The molecule has 3 N–H and O–H groups in total.